The summed E-state index contributed by atoms with van der Waals surface area (Å²) in [6.07, 6.45) is 1.60. The highest BCUT2D eigenvalue weighted by atomic mass is 127. The van der Waals surface area contributed by atoms with Crippen molar-refractivity contribution in [2.24, 2.45) is 0 Å². The molecule has 1 heterocycles. The maximum absolute atomic E-state index is 5.84. The molecule has 5 heteroatoms. The van der Waals surface area contributed by atoms with Crippen LogP contribution in [0.2, 0.25) is 5.15 Å². The first-order valence-corrected chi connectivity index (χ1v) is 5.40. The summed E-state index contributed by atoms with van der Waals surface area (Å²) in [5, 5.41) is 0.483. The van der Waals surface area contributed by atoms with Crippen LogP contribution < -0.4 is 0 Å². The molecule has 0 fully saturated rings. The van der Waals surface area contributed by atoms with Crippen molar-refractivity contribution >= 4 is 34.2 Å². The van der Waals surface area contributed by atoms with Gasteiger partial charge < -0.3 is 4.74 Å². The molecular formula is C8H10ClIN2O. The number of aromatic nitrogens is 2. The van der Waals surface area contributed by atoms with Crippen LogP contribution in [0.5, 0.6) is 0 Å². The average molecular weight is 313 g/mol. The fraction of sp³-hybridized carbons (Fsp3) is 0.500. The van der Waals surface area contributed by atoms with Gasteiger partial charge in [-0.1, -0.05) is 11.6 Å². The average Bonchev–Trinajstić information content (AvgIpc) is 2.10. The summed E-state index contributed by atoms with van der Waals surface area (Å²) < 4.78 is 6.19. The predicted molar refractivity (Wildman–Crippen MR) is 59.8 cm³/mol. The minimum absolute atomic E-state index is 0.0977. The molecule has 0 saturated heterocycles. The maximum Gasteiger partial charge on any atom is 0.158 e. The fourth-order valence-corrected chi connectivity index (χ4v) is 1.27. The van der Waals surface area contributed by atoms with Crippen molar-refractivity contribution in [1.82, 2.24) is 9.97 Å². The molecule has 1 aromatic heterocycles. The van der Waals surface area contributed by atoms with Gasteiger partial charge in [-0.3, -0.25) is 0 Å². The van der Waals surface area contributed by atoms with Crippen LogP contribution in [0.15, 0.2) is 6.20 Å². The van der Waals surface area contributed by atoms with Crippen LogP contribution >= 0.6 is 34.2 Å². The standard InChI is InChI=1S/C8H10ClIN2O/c1-3-13-5(2)8-11-4-6(10)7(9)12-8/h4-5H,3H2,1-2H3. The summed E-state index contributed by atoms with van der Waals surface area (Å²) in [5.74, 6) is 0.632. The summed E-state index contributed by atoms with van der Waals surface area (Å²) in [5.41, 5.74) is 0. The number of nitrogens with zero attached hydrogens (tertiary/aromatic N) is 2. The summed E-state index contributed by atoms with van der Waals surface area (Å²) in [4.78, 5) is 8.24. The van der Waals surface area contributed by atoms with E-state index >= 15 is 0 Å². The molecule has 0 aromatic carbocycles. The van der Waals surface area contributed by atoms with E-state index in [0.717, 1.165) is 3.57 Å². The topological polar surface area (TPSA) is 35.0 Å². The van der Waals surface area contributed by atoms with E-state index in [4.69, 9.17) is 16.3 Å². The molecule has 0 N–H and O–H groups in total. The Hall–Kier alpha value is 0.0600. The van der Waals surface area contributed by atoms with Crippen molar-refractivity contribution in [3.8, 4) is 0 Å². The first-order valence-electron chi connectivity index (χ1n) is 3.94. The van der Waals surface area contributed by atoms with Gasteiger partial charge in [-0.2, -0.15) is 0 Å². The third-order valence-electron chi connectivity index (χ3n) is 1.50. The molecule has 1 atom stereocenters. The van der Waals surface area contributed by atoms with Crippen LogP contribution in [0, 0.1) is 3.57 Å². The molecule has 0 bridgehead atoms. The molecule has 0 amide bonds. The number of halogens is 2. The Labute approximate surface area is 96.0 Å². The highest BCUT2D eigenvalue weighted by Crippen LogP contribution is 2.18. The molecule has 0 aliphatic heterocycles. The minimum atomic E-state index is -0.0977. The van der Waals surface area contributed by atoms with Crippen molar-refractivity contribution in [2.45, 2.75) is 20.0 Å². The molecule has 13 heavy (non-hydrogen) atoms. The molecule has 0 saturated carbocycles. The SMILES string of the molecule is CCOC(C)c1ncc(I)c(Cl)n1. The van der Waals surface area contributed by atoms with Gasteiger partial charge in [0.25, 0.3) is 0 Å². The number of rotatable bonds is 3. The van der Waals surface area contributed by atoms with Crippen molar-refractivity contribution in [2.75, 3.05) is 6.61 Å². The van der Waals surface area contributed by atoms with Gasteiger partial charge in [-0.15, -0.1) is 0 Å². The quantitative estimate of drug-likeness (QED) is 0.636. The molecular weight excluding hydrogens is 302 g/mol. The lowest BCUT2D eigenvalue weighted by atomic mass is 10.4. The van der Waals surface area contributed by atoms with Crippen molar-refractivity contribution < 1.29 is 4.74 Å². The van der Waals surface area contributed by atoms with E-state index in [9.17, 15) is 0 Å². The second-order valence-corrected chi connectivity index (χ2v) is 3.98. The summed E-state index contributed by atoms with van der Waals surface area (Å²) in [6, 6.07) is 0. The maximum atomic E-state index is 5.84. The van der Waals surface area contributed by atoms with Gasteiger partial charge in [-0.05, 0) is 36.4 Å². The Bertz CT molecular complexity index is 295. The van der Waals surface area contributed by atoms with Gasteiger partial charge in [0, 0.05) is 12.8 Å². The van der Waals surface area contributed by atoms with Crippen molar-refractivity contribution in [1.29, 1.82) is 0 Å². The minimum Gasteiger partial charge on any atom is -0.371 e. The van der Waals surface area contributed by atoms with Crippen molar-refractivity contribution in [3.05, 3.63) is 20.7 Å². The lowest BCUT2D eigenvalue weighted by Crippen LogP contribution is -2.05. The molecule has 0 radical (unpaired) electrons. The number of ether oxygens (including phenoxy) is 1. The van der Waals surface area contributed by atoms with Crippen LogP contribution in [-0.4, -0.2) is 16.6 Å². The molecule has 0 spiro atoms. The largest absolute Gasteiger partial charge is 0.371 e. The summed E-state index contributed by atoms with van der Waals surface area (Å²) >= 11 is 7.93. The summed E-state index contributed by atoms with van der Waals surface area (Å²) in [6.45, 7) is 4.49. The zero-order valence-electron chi connectivity index (χ0n) is 7.42. The molecule has 72 valence electrons. The lowest BCUT2D eigenvalue weighted by molar-refractivity contribution is 0.0700. The van der Waals surface area contributed by atoms with Gasteiger partial charge in [0.2, 0.25) is 0 Å². The van der Waals surface area contributed by atoms with Gasteiger partial charge in [-0.25, -0.2) is 9.97 Å². The zero-order chi connectivity index (χ0) is 9.84. The van der Waals surface area contributed by atoms with Gasteiger partial charge >= 0.3 is 0 Å². The Balaban J connectivity index is 2.84. The molecule has 0 aliphatic carbocycles. The molecule has 0 aliphatic rings. The van der Waals surface area contributed by atoms with E-state index in [0.29, 0.717) is 17.6 Å². The molecule has 1 rings (SSSR count). The fourth-order valence-electron chi connectivity index (χ4n) is 0.879. The zero-order valence-corrected chi connectivity index (χ0v) is 10.3. The van der Waals surface area contributed by atoms with Crippen LogP contribution in [0.3, 0.4) is 0 Å². The monoisotopic (exact) mass is 312 g/mol. The van der Waals surface area contributed by atoms with E-state index in [1.807, 2.05) is 13.8 Å². The highest BCUT2D eigenvalue weighted by Gasteiger charge is 2.09. The van der Waals surface area contributed by atoms with Gasteiger partial charge in [0.05, 0.1) is 3.57 Å². The predicted octanol–water partition coefficient (Wildman–Crippen LogP) is 2.83. The Morgan fingerprint density at radius 2 is 2.38 bits per heavy atom. The normalized spacial score (nSPS) is 12.9. The van der Waals surface area contributed by atoms with E-state index in [1.165, 1.54) is 0 Å². The third-order valence-corrected chi connectivity index (χ3v) is 2.90. The summed E-state index contributed by atoms with van der Waals surface area (Å²) in [7, 11) is 0. The van der Waals surface area contributed by atoms with Crippen LogP contribution in [0.25, 0.3) is 0 Å². The smallest absolute Gasteiger partial charge is 0.158 e. The van der Waals surface area contributed by atoms with E-state index in [1.54, 1.807) is 6.20 Å². The highest BCUT2D eigenvalue weighted by molar-refractivity contribution is 14.1. The second-order valence-electron chi connectivity index (χ2n) is 2.46. The lowest BCUT2D eigenvalue weighted by Gasteiger charge is -2.09. The second kappa shape index (κ2) is 5.07. The third kappa shape index (κ3) is 3.03. The van der Waals surface area contributed by atoms with E-state index < -0.39 is 0 Å². The van der Waals surface area contributed by atoms with E-state index in [-0.39, 0.29) is 6.10 Å². The molecule has 1 aromatic rings. The molecule has 1 unspecified atom stereocenters. The van der Waals surface area contributed by atoms with E-state index in [2.05, 4.69) is 32.6 Å². The first kappa shape index (κ1) is 11.1. The first-order chi connectivity index (χ1) is 6.15. The van der Waals surface area contributed by atoms with Crippen molar-refractivity contribution in [3.63, 3.8) is 0 Å². The Kier molecular flexibility index (Phi) is 4.34. The Morgan fingerprint density at radius 3 is 2.92 bits per heavy atom. The van der Waals surface area contributed by atoms with Crippen LogP contribution in [-0.2, 0) is 4.74 Å². The number of hydrogen-bond donors (Lipinski definition) is 0. The van der Waals surface area contributed by atoms with Crippen LogP contribution in [0.4, 0.5) is 0 Å². The van der Waals surface area contributed by atoms with Crippen LogP contribution in [0.1, 0.15) is 25.8 Å². The van der Waals surface area contributed by atoms with Gasteiger partial charge in [0.1, 0.15) is 11.3 Å². The Morgan fingerprint density at radius 1 is 1.69 bits per heavy atom. The number of hydrogen-bond acceptors (Lipinski definition) is 3. The molecule has 3 nitrogen and oxygen atoms in total. The van der Waals surface area contributed by atoms with Gasteiger partial charge in [0.15, 0.2) is 5.82 Å².